The third kappa shape index (κ3) is 7.41. The summed E-state index contributed by atoms with van der Waals surface area (Å²) in [6.07, 6.45) is 8.28. The zero-order chi connectivity index (χ0) is 27.6. The first-order valence-corrected chi connectivity index (χ1v) is 12.9. The Morgan fingerprint density at radius 1 is 1.15 bits per heavy atom. The second kappa shape index (κ2) is 13.2. The summed E-state index contributed by atoms with van der Waals surface area (Å²) in [4.78, 5) is 41.2. The number of pyridine rings is 2. The molecule has 0 fully saturated rings. The smallest absolute Gasteiger partial charge is 0.410 e. The van der Waals surface area contributed by atoms with Crippen LogP contribution in [0.3, 0.4) is 0 Å². The summed E-state index contributed by atoms with van der Waals surface area (Å²) in [7, 11) is 1.79. The maximum atomic E-state index is 12.8. The molecule has 1 aliphatic rings. The summed E-state index contributed by atoms with van der Waals surface area (Å²) < 4.78 is 5.09. The molecular formula is C29H33N7O3. The molecule has 0 unspecified atom stereocenters. The van der Waals surface area contributed by atoms with E-state index in [1.165, 1.54) is 0 Å². The molecule has 3 aromatic rings. The van der Waals surface area contributed by atoms with E-state index in [1.54, 1.807) is 60.4 Å². The predicted molar refractivity (Wildman–Crippen MR) is 152 cm³/mol. The number of nitrogens with zero attached hydrogens (tertiary/aromatic N) is 5. The molecule has 202 valence electrons. The molecule has 1 aliphatic heterocycles. The van der Waals surface area contributed by atoms with Gasteiger partial charge in [0.05, 0.1) is 6.61 Å². The van der Waals surface area contributed by atoms with Gasteiger partial charge in [0.15, 0.2) is 11.8 Å². The van der Waals surface area contributed by atoms with Gasteiger partial charge in [-0.15, -0.1) is 0 Å². The molecule has 2 amide bonds. The molecule has 0 radical (unpaired) electrons. The average molecular weight is 528 g/mol. The summed E-state index contributed by atoms with van der Waals surface area (Å²) in [5.41, 5.74) is 10.5. The van der Waals surface area contributed by atoms with Gasteiger partial charge in [-0.25, -0.2) is 9.78 Å². The Hall–Kier alpha value is -4.73. The fraction of sp³-hybridized carbons (Fsp3) is 0.276. The van der Waals surface area contributed by atoms with Crippen LogP contribution >= 0.6 is 0 Å². The van der Waals surface area contributed by atoms with Crippen LogP contribution in [-0.4, -0.2) is 71.0 Å². The van der Waals surface area contributed by atoms with E-state index in [-0.39, 0.29) is 18.0 Å². The van der Waals surface area contributed by atoms with E-state index in [4.69, 9.17) is 10.5 Å². The average Bonchev–Trinajstić information content (AvgIpc) is 2.97. The van der Waals surface area contributed by atoms with E-state index < -0.39 is 0 Å². The van der Waals surface area contributed by atoms with Crippen molar-refractivity contribution in [2.45, 2.75) is 19.8 Å². The Balaban J connectivity index is 1.37. The van der Waals surface area contributed by atoms with Gasteiger partial charge in [0.2, 0.25) is 0 Å². The minimum atomic E-state index is -0.310. The van der Waals surface area contributed by atoms with Gasteiger partial charge in [-0.05, 0) is 73.4 Å². The quantitative estimate of drug-likeness (QED) is 0.334. The van der Waals surface area contributed by atoms with E-state index in [1.807, 2.05) is 36.5 Å². The van der Waals surface area contributed by atoms with Crippen LogP contribution in [0, 0.1) is 0 Å². The van der Waals surface area contributed by atoms with E-state index >= 15 is 0 Å². The van der Waals surface area contributed by atoms with Crippen molar-refractivity contribution in [1.29, 1.82) is 0 Å². The van der Waals surface area contributed by atoms with Crippen LogP contribution in [0.4, 0.5) is 16.3 Å². The highest BCUT2D eigenvalue weighted by atomic mass is 16.6. The van der Waals surface area contributed by atoms with E-state index in [0.29, 0.717) is 49.7 Å². The van der Waals surface area contributed by atoms with Crippen LogP contribution < -0.4 is 11.1 Å². The van der Waals surface area contributed by atoms with Gasteiger partial charge in [-0.3, -0.25) is 9.78 Å². The lowest BCUT2D eigenvalue weighted by Crippen LogP contribution is -2.35. The molecule has 4 rings (SSSR count). The molecule has 3 N–H and O–H groups in total. The number of carbonyl (C=O) groups excluding carboxylic acids is 2. The standard InChI is InChI=1S/C29H33N7O3/c1-3-39-29(38)36-18-13-22(14-19-36)25-7-5-16-32-26(25)34-28(30)33-24-10-8-23(9-11-24)27(37)35(2)17-12-21-6-4-15-31-20-21/h4-11,13,15-16,20H,3,12,14,17-19H2,1-2H3,(H3,30,32,33,34). The molecule has 0 atom stereocenters. The molecule has 0 saturated heterocycles. The van der Waals surface area contributed by atoms with Gasteiger partial charge in [0, 0.05) is 62.1 Å². The Morgan fingerprint density at radius 3 is 2.64 bits per heavy atom. The topological polar surface area (TPSA) is 126 Å². The lowest BCUT2D eigenvalue weighted by Gasteiger charge is -2.26. The Kier molecular flexibility index (Phi) is 9.23. The number of nitrogens with two attached hydrogens (primary N) is 1. The Bertz CT molecular complexity index is 1340. The van der Waals surface area contributed by atoms with Gasteiger partial charge in [-0.2, -0.15) is 4.99 Å². The third-order valence-electron chi connectivity index (χ3n) is 6.30. The summed E-state index contributed by atoms with van der Waals surface area (Å²) >= 11 is 0. The SMILES string of the molecule is CCOC(=O)N1CC=C(c2cccnc2N=C(N)Nc2ccc(C(=O)N(C)CCc3cccnc3)cc2)CC1. The molecule has 2 aromatic heterocycles. The number of anilines is 1. The van der Waals surface area contributed by atoms with Gasteiger partial charge < -0.3 is 25.6 Å². The van der Waals surface area contributed by atoms with Gasteiger partial charge in [0.1, 0.15) is 0 Å². The Labute approximate surface area is 228 Å². The highest BCUT2D eigenvalue weighted by Crippen LogP contribution is 2.29. The van der Waals surface area contributed by atoms with Gasteiger partial charge in [0.25, 0.3) is 5.91 Å². The number of hydrogen-bond donors (Lipinski definition) is 2. The number of nitrogens with one attached hydrogen (secondary N) is 1. The van der Waals surface area contributed by atoms with Crippen LogP contribution in [0.1, 0.15) is 34.8 Å². The minimum Gasteiger partial charge on any atom is -0.450 e. The van der Waals surface area contributed by atoms with Crippen molar-refractivity contribution in [3.8, 4) is 0 Å². The first-order valence-electron chi connectivity index (χ1n) is 12.9. The van der Waals surface area contributed by atoms with Crippen molar-refractivity contribution < 1.29 is 14.3 Å². The molecule has 3 heterocycles. The third-order valence-corrected chi connectivity index (χ3v) is 6.30. The molecule has 10 heteroatoms. The zero-order valence-corrected chi connectivity index (χ0v) is 22.2. The fourth-order valence-corrected chi connectivity index (χ4v) is 4.18. The molecule has 39 heavy (non-hydrogen) atoms. The molecule has 0 bridgehead atoms. The van der Waals surface area contributed by atoms with Crippen LogP contribution in [0.2, 0.25) is 0 Å². The van der Waals surface area contributed by atoms with Crippen molar-refractivity contribution in [1.82, 2.24) is 19.8 Å². The molecule has 0 spiro atoms. The molecule has 0 aliphatic carbocycles. The summed E-state index contributed by atoms with van der Waals surface area (Å²) in [5.74, 6) is 0.597. The lowest BCUT2D eigenvalue weighted by atomic mass is 10.0. The molecule has 1 aromatic carbocycles. The van der Waals surface area contributed by atoms with Crippen molar-refractivity contribution in [2.24, 2.45) is 10.7 Å². The summed E-state index contributed by atoms with van der Waals surface area (Å²) in [6, 6.07) is 14.8. The van der Waals surface area contributed by atoms with E-state index in [9.17, 15) is 9.59 Å². The number of aliphatic imine (C=N–C) groups is 1. The lowest BCUT2D eigenvalue weighted by molar-refractivity contribution is 0.0796. The highest BCUT2D eigenvalue weighted by Gasteiger charge is 2.20. The molecule has 0 saturated carbocycles. The van der Waals surface area contributed by atoms with Crippen molar-refractivity contribution in [3.63, 3.8) is 0 Å². The number of amides is 2. The van der Waals surface area contributed by atoms with Crippen molar-refractivity contribution >= 4 is 35.0 Å². The first-order chi connectivity index (χ1) is 18.9. The number of likely N-dealkylation sites (N-methyl/N-ethyl adjacent to an activating group) is 1. The highest BCUT2D eigenvalue weighted by molar-refractivity contribution is 5.97. The number of ether oxygens (including phenoxy) is 1. The van der Waals surface area contributed by atoms with Crippen LogP contribution in [0.15, 0.2) is 78.2 Å². The zero-order valence-electron chi connectivity index (χ0n) is 22.2. The summed E-state index contributed by atoms with van der Waals surface area (Å²) in [5, 5.41) is 3.07. The maximum absolute atomic E-state index is 12.8. The van der Waals surface area contributed by atoms with Gasteiger partial charge in [-0.1, -0.05) is 12.1 Å². The molecular weight excluding hydrogens is 494 g/mol. The number of aromatic nitrogens is 2. The maximum Gasteiger partial charge on any atom is 0.410 e. The van der Waals surface area contributed by atoms with E-state index in [0.717, 1.165) is 23.1 Å². The largest absolute Gasteiger partial charge is 0.450 e. The number of benzene rings is 1. The van der Waals surface area contributed by atoms with Crippen molar-refractivity contribution in [2.75, 3.05) is 38.6 Å². The van der Waals surface area contributed by atoms with Gasteiger partial charge >= 0.3 is 6.09 Å². The normalized spacial score (nSPS) is 13.4. The number of carbonyl (C=O) groups is 2. The second-order valence-electron chi connectivity index (χ2n) is 9.04. The van der Waals surface area contributed by atoms with Crippen LogP contribution in [0.25, 0.3) is 5.57 Å². The van der Waals surface area contributed by atoms with E-state index in [2.05, 4.69) is 20.3 Å². The number of guanidine groups is 1. The number of rotatable bonds is 8. The number of hydrogen-bond acceptors (Lipinski definition) is 6. The monoisotopic (exact) mass is 527 g/mol. The van der Waals surface area contributed by atoms with Crippen LogP contribution in [-0.2, 0) is 11.2 Å². The minimum absolute atomic E-state index is 0.0625. The predicted octanol–water partition coefficient (Wildman–Crippen LogP) is 4.10. The first kappa shape index (κ1) is 27.3. The fourth-order valence-electron chi connectivity index (χ4n) is 4.18. The summed E-state index contributed by atoms with van der Waals surface area (Å²) in [6.45, 7) is 3.75. The second-order valence-corrected chi connectivity index (χ2v) is 9.04. The van der Waals surface area contributed by atoms with Crippen molar-refractivity contribution in [3.05, 3.63) is 89.9 Å². The van der Waals surface area contributed by atoms with Crippen LogP contribution in [0.5, 0.6) is 0 Å². The molecule has 10 nitrogen and oxygen atoms in total. The Morgan fingerprint density at radius 2 is 1.95 bits per heavy atom.